The standard InChI is InChI=1S/C23H21ClN6.C2H6O/c1-2-26-22-23-28-13-21(30(23)20-8-3-14(11-25)9-19(20)29-22)15-4-5-16(18(24)10-15)12-27-17-6-7-17;1-2-3/h3-5,8-10,13,17,27H,2,6-7,12H2,1H3,(H,26,29);3H,2H2,1H3. The number of nitrogens with one attached hydrogen (secondary N) is 2. The molecule has 1 fully saturated rings. The number of hydrogen-bond acceptors (Lipinski definition) is 6. The second kappa shape index (κ2) is 10.2. The average molecular weight is 463 g/mol. The maximum Gasteiger partial charge on any atom is 0.181 e. The third kappa shape index (κ3) is 4.93. The molecule has 0 amide bonds. The molecule has 2 aromatic carbocycles. The molecule has 3 N–H and O–H groups in total. The van der Waals surface area contributed by atoms with Gasteiger partial charge in [0.25, 0.3) is 0 Å². The minimum Gasteiger partial charge on any atom is -0.397 e. The smallest absolute Gasteiger partial charge is 0.181 e. The van der Waals surface area contributed by atoms with Crippen molar-refractivity contribution >= 4 is 34.1 Å². The van der Waals surface area contributed by atoms with Crippen LogP contribution in [0, 0.1) is 11.3 Å². The van der Waals surface area contributed by atoms with E-state index in [1.807, 2.05) is 25.3 Å². The molecule has 170 valence electrons. The van der Waals surface area contributed by atoms with Crippen LogP contribution in [-0.2, 0) is 6.54 Å². The fraction of sp³-hybridized carbons (Fsp3) is 0.320. The highest BCUT2D eigenvalue weighted by atomic mass is 35.5. The van der Waals surface area contributed by atoms with Crippen molar-refractivity contribution in [3.05, 3.63) is 58.7 Å². The third-order valence-electron chi connectivity index (χ3n) is 5.40. The molecule has 0 atom stereocenters. The molecule has 0 aliphatic heterocycles. The molecule has 0 radical (unpaired) electrons. The van der Waals surface area contributed by atoms with Crippen LogP contribution in [0.5, 0.6) is 0 Å². The van der Waals surface area contributed by atoms with E-state index in [-0.39, 0.29) is 6.61 Å². The van der Waals surface area contributed by atoms with Crippen LogP contribution in [0.2, 0.25) is 5.02 Å². The lowest BCUT2D eigenvalue weighted by Crippen LogP contribution is -2.15. The maximum atomic E-state index is 9.28. The van der Waals surface area contributed by atoms with Gasteiger partial charge in [-0.2, -0.15) is 5.26 Å². The van der Waals surface area contributed by atoms with Crippen LogP contribution in [0.1, 0.15) is 37.8 Å². The number of fused-ring (bicyclic) bond motifs is 3. The van der Waals surface area contributed by atoms with Crippen molar-refractivity contribution in [2.45, 2.75) is 39.3 Å². The summed E-state index contributed by atoms with van der Waals surface area (Å²) in [5.74, 6) is 0.697. The van der Waals surface area contributed by atoms with E-state index < -0.39 is 0 Å². The van der Waals surface area contributed by atoms with Gasteiger partial charge in [-0.05, 0) is 56.5 Å². The molecule has 1 aliphatic rings. The van der Waals surface area contributed by atoms with Gasteiger partial charge in [0.05, 0.1) is 34.6 Å². The summed E-state index contributed by atoms with van der Waals surface area (Å²) in [7, 11) is 0. The second-order valence-electron chi connectivity index (χ2n) is 7.89. The number of aromatic nitrogens is 3. The molecule has 5 rings (SSSR count). The van der Waals surface area contributed by atoms with Gasteiger partial charge in [0.2, 0.25) is 0 Å². The minimum atomic E-state index is 0.250. The van der Waals surface area contributed by atoms with Crippen molar-refractivity contribution in [3.63, 3.8) is 0 Å². The number of aliphatic hydroxyl groups excluding tert-OH is 1. The monoisotopic (exact) mass is 462 g/mol. The van der Waals surface area contributed by atoms with Gasteiger partial charge in [0.1, 0.15) is 0 Å². The fourth-order valence-corrected chi connectivity index (χ4v) is 3.93. The Morgan fingerprint density at radius 1 is 1.21 bits per heavy atom. The van der Waals surface area contributed by atoms with E-state index >= 15 is 0 Å². The molecular weight excluding hydrogens is 436 g/mol. The number of hydrogen-bond donors (Lipinski definition) is 3. The molecule has 8 heteroatoms. The molecular formula is C25H27ClN6O. The molecule has 2 heterocycles. The second-order valence-corrected chi connectivity index (χ2v) is 8.29. The van der Waals surface area contributed by atoms with Crippen LogP contribution in [0.25, 0.3) is 27.9 Å². The first-order valence-electron chi connectivity index (χ1n) is 11.2. The number of nitrogens with zero attached hydrogens (tertiary/aromatic N) is 4. The fourth-order valence-electron chi connectivity index (χ4n) is 3.69. The van der Waals surface area contributed by atoms with Crippen molar-refractivity contribution in [3.8, 4) is 17.3 Å². The molecule has 1 saturated carbocycles. The van der Waals surface area contributed by atoms with E-state index in [0.717, 1.165) is 51.6 Å². The summed E-state index contributed by atoms with van der Waals surface area (Å²) in [6.07, 6.45) is 4.35. The molecule has 4 aromatic rings. The first-order valence-corrected chi connectivity index (χ1v) is 11.6. The summed E-state index contributed by atoms with van der Waals surface area (Å²) < 4.78 is 2.08. The van der Waals surface area contributed by atoms with Crippen LogP contribution >= 0.6 is 11.6 Å². The van der Waals surface area contributed by atoms with E-state index in [4.69, 9.17) is 21.7 Å². The third-order valence-corrected chi connectivity index (χ3v) is 5.75. The number of benzene rings is 2. The highest BCUT2D eigenvalue weighted by Crippen LogP contribution is 2.31. The first kappa shape index (κ1) is 23.0. The zero-order valence-electron chi connectivity index (χ0n) is 18.8. The molecule has 7 nitrogen and oxygen atoms in total. The Balaban J connectivity index is 0.000000821. The normalized spacial score (nSPS) is 12.9. The van der Waals surface area contributed by atoms with Crippen LogP contribution in [0.4, 0.5) is 5.82 Å². The van der Waals surface area contributed by atoms with Crippen molar-refractivity contribution in [1.82, 2.24) is 19.7 Å². The van der Waals surface area contributed by atoms with Gasteiger partial charge >= 0.3 is 0 Å². The number of nitriles is 1. The van der Waals surface area contributed by atoms with E-state index in [9.17, 15) is 5.26 Å². The Hall–Kier alpha value is -3.18. The Morgan fingerprint density at radius 3 is 2.67 bits per heavy atom. The Bertz CT molecular complexity index is 1320. The lowest BCUT2D eigenvalue weighted by molar-refractivity contribution is 0.318. The largest absolute Gasteiger partial charge is 0.397 e. The highest BCUT2D eigenvalue weighted by Gasteiger charge is 2.21. The number of aliphatic hydroxyl groups is 1. The predicted octanol–water partition coefficient (Wildman–Crippen LogP) is 4.76. The summed E-state index contributed by atoms with van der Waals surface area (Å²) in [5, 5.41) is 24.4. The molecule has 0 saturated heterocycles. The van der Waals surface area contributed by atoms with Gasteiger partial charge in [-0.1, -0.05) is 23.7 Å². The molecule has 1 aliphatic carbocycles. The van der Waals surface area contributed by atoms with Crippen LogP contribution in [0.3, 0.4) is 0 Å². The van der Waals surface area contributed by atoms with E-state index in [1.165, 1.54) is 12.8 Å². The summed E-state index contributed by atoms with van der Waals surface area (Å²) >= 11 is 6.61. The van der Waals surface area contributed by atoms with Crippen molar-refractivity contribution in [1.29, 1.82) is 5.26 Å². The topological polar surface area (TPSA) is 98.3 Å². The minimum absolute atomic E-state index is 0.250. The van der Waals surface area contributed by atoms with Gasteiger partial charge in [0.15, 0.2) is 11.5 Å². The summed E-state index contributed by atoms with van der Waals surface area (Å²) in [4.78, 5) is 9.35. The van der Waals surface area contributed by atoms with Crippen LogP contribution in [-0.4, -0.2) is 38.7 Å². The highest BCUT2D eigenvalue weighted by molar-refractivity contribution is 6.31. The lowest BCUT2D eigenvalue weighted by Gasteiger charge is -2.12. The van der Waals surface area contributed by atoms with Crippen molar-refractivity contribution in [2.75, 3.05) is 18.5 Å². The molecule has 0 bridgehead atoms. The molecule has 33 heavy (non-hydrogen) atoms. The van der Waals surface area contributed by atoms with Gasteiger partial charge in [-0.25, -0.2) is 9.97 Å². The SMILES string of the molecule is CCNc1nc2cc(C#N)ccc2n2c(-c3ccc(CNC4CC4)c(Cl)c3)cnc12.CCO. The van der Waals surface area contributed by atoms with E-state index in [2.05, 4.69) is 38.2 Å². The first-order chi connectivity index (χ1) is 16.1. The lowest BCUT2D eigenvalue weighted by atomic mass is 10.1. The number of halogens is 1. The van der Waals surface area contributed by atoms with E-state index in [1.54, 1.807) is 19.1 Å². The molecule has 2 aromatic heterocycles. The van der Waals surface area contributed by atoms with Gasteiger partial charge in [-0.3, -0.25) is 4.40 Å². The zero-order valence-corrected chi connectivity index (χ0v) is 19.5. The number of rotatable bonds is 6. The Morgan fingerprint density at radius 2 is 2.00 bits per heavy atom. The zero-order chi connectivity index (χ0) is 23.4. The molecule has 0 spiro atoms. The number of imidazole rings is 1. The van der Waals surface area contributed by atoms with Crippen LogP contribution < -0.4 is 10.6 Å². The van der Waals surface area contributed by atoms with Gasteiger partial charge in [-0.15, -0.1) is 0 Å². The number of anilines is 1. The van der Waals surface area contributed by atoms with Crippen molar-refractivity contribution in [2.24, 2.45) is 0 Å². The van der Waals surface area contributed by atoms with Crippen molar-refractivity contribution < 1.29 is 5.11 Å². The van der Waals surface area contributed by atoms with E-state index in [0.29, 0.717) is 17.4 Å². The molecule has 0 unspecified atom stereocenters. The van der Waals surface area contributed by atoms with Crippen LogP contribution in [0.15, 0.2) is 42.6 Å². The maximum absolute atomic E-state index is 9.28. The Labute approximate surface area is 198 Å². The summed E-state index contributed by atoms with van der Waals surface area (Å²) in [6, 6.07) is 14.5. The predicted molar refractivity (Wildman–Crippen MR) is 132 cm³/mol. The van der Waals surface area contributed by atoms with Gasteiger partial charge in [0, 0.05) is 36.3 Å². The quantitative estimate of drug-likeness (QED) is 0.382. The van der Waals surface area contributed by atoms with Gasteiger partial charge < -0.3 is 15.7 Å². The average Bonchev–Trinajstić information content (AvgIpc) is 3.54. The summed E-state index contributed by atoms with van der Waals surface area (Å²) in [6.45, 7) is 5.46. The summed E-state index contributed by atoms with van der Waals surface area (Å²) in [5.41, 5.74) is 5.99. The Kier molecular flexibility index (Phi) is 7.09.